The highest BCUT2D eigenvalue weighted by Gasteiger charge is 2.16. The monoisotopic (exact) mass is 238 g/mol. The maximum Gasteiger partial charge on any atom is 0.191 e. The van der Waals surface area contributed by atoms with Crippen LogP contribution in [-0.2, 0) is 18.9 Å². The van der Waals surface area contributed by atoms with Gasteiger partial charge in [0.1, 0.15) is 6.61 Å². The third-order valence-electron chi connectivity index (χ3n) is 2.56. The van der Waals surface area contributed by atoms with Crippen molar-refractivity contribution >= 4 is 0 Å². The molecule has 0 unspecified atom stereocenters. The van der Waals surface area contributed by atoms with E-state index < -0.39 is 0 Å². The Kier molecular flexibility index (Phi) is 4.64. The molecule has 0 amide bonds. The normalized spacial score (nSPS) is 21.5. The number of rotatable bonds is 4. The van der Waals surface area contributed by atoms with Crippen LogP contribution < -0.4 is 0 Å². The third kappa shape index (κ3) is 3.61. The van der Waals surface area contributed by atoms with Gasteiger partial charge in [-0.15, -0.1) is 0 Å². The van der Waals surface area contributed by atoms with Gasteiger partial charge in [0.15, 0.2) is 17.8 Å². The lowest BCUT2D eigenvalue weighted by Crippen LogP contribution is -2.29. The van der Waals surface area contributed by atoms with Gasteiger partial charge in [-0.1, -0.05) is 12.2 Å². The molecule has 0 spiro atoms. The van der Waals surface area contributed by atoms with Gasteiger partial charge in [-0.25, -0.2) is 0 Å². The van der Waals surface area contributed by atoms with Crippen LogP contribution in [0.5, 0.6) is 0 Å². The molecule has 2 aliphatic rings. The van der Waals surface area contributed by atoms with Crippen molar-refractivity contribution in [3.63, 3.8) is 0 Å². The average molecular weight is 238 g/mol. The van der Waals surface area contributed by atoms with Gasteiger partial charge >= 0.3 is 0 Å². The van der Waals surface area contributed by atoms with E-state index >= 15 is 0 Å². The number of hydrogen-bond acceptors (Lipinski definition) is 4. The molecule has 0 aromatic carbocycles. The van der Waals surface area contributed by atoms with Crippen molar-refractivity contribution in [3.05, 3.63) is 35.8 Å². The Morgan fingerprint density at radius 2 is 2.12 bits per heavy atom. The van der Waals surface area contributed by atoms with E-state index in [4.69, 9.17) is 18.9 Å². The number of methoxy groups -OCH3 is 1. The minimum Gasteiger partial charge on any atom is -0.493 e. The van der Waals surface area contributed by atoms with Gasteiger partial charge in [0.05, 0.1) is 20.3 Å². The average Bonchev–Trinajstić information content (AvgIpc) is 2.62. The molecule has 0 aromatic rings. The molecule has 1 heterocycles. The summed E-state index contributed by atoms with van der Waals surface area (Å²) in [5.41, 5.74) is 0. The highest BCUT2D eigenvalue weighted by atomic mass is 16.7. The van der Waals surface area contributed by atoms with Crippen LogP contribution in [0.3, 0.4) is 0 Å². The van der Waals surface area contributed by atoms with Gasteiger partial charge in [-0.2, -0.15) is 0 Å². The lowest BCUT2D eigenvalue weighted by molar-refractivity contribution is -0.197. The van der Waals surface area contributed by atoms with E-state index in [0.717, 1.165) is 37.6 Å². The maximum atomic E-state index is 5.67. The van der Waals surface area contributed by atoms with Crippen molar-refractivity contribution in [1.29, 1.82) is 0 Å². The van der Waals surface area contributed by atoms with E-state index in [0.29, 0.717) is 6.61 Å². The van der Waals surface area contributed by atoms with Crippen LogP contribution in [0.15, 0.2) is 35.8 Å². The predicted molar refractivity (Wildman–Crippen MR) is 63.2 cm³/mol. The molecule has 1 saturated heterocycles. The first-order chi connectivity index (χ1) is 8.40. The Morgan fingerprint density at radius 3 is 2.88 bits per heavy atom. The second-order valence-electron chi connectivity index (χ2n) is 3.80. The zero-order chi connectivity index (χ0) is 11.9. The van der Waals surface area contributed by atoms with Crippen molar-refractivity contribution in [3.8, 4) is 0 Å². The molecule has 2 rings (SSSR count). The minimum absolute atomic E-state index is 0.269. The summed E-state index contributed by atoms with van der Waals surface area (Å²) >= 11 is 0. The molecule has 17 heavy (non-hydrogen) atoms. The standard InChI is InChI=1S/C13H18O4/c1-14-11-6-3-2-4-7-12(11)17-10-13-15-8-5-9-16-13/h2,4,6-7,13H,3,5,8-10H2,1H3. The van der Waals surface area contributed by atoms with E-state index in [1.807, 2.05) is 24.3 Å². The second kappa shape index (κ2) is 6.47. The molecule has 1 aliphatic heterocycles. The third-order valence-corrected chi connectivity index (χ3v) is 2.56. The molecule has 94 valence electrons. The summed E-state index contributed by atoms with van der Waals surface area (Å²) in [6, 6.07) is 0. The summed E-state index contributed by atoms with van der Waals surface area (Å²) in [5, 5.41) is 0. The largest absolute Gasteiger partial charge is 0.493 e. The second-order valence-corrected chi connectivity index (χ2v) is 3.80. The Labute approximate surface area is 101 Å². The van der Waals surface area contributed by atoms with E-state index in [9.17, 15) is 0 Å². The van der Waals surface area contributed by atoms with E-state index in [2.05, 4.69) is 0 Å². The quantitative estimate of drug-likeness (QED) is 0.752. The first kappa shape index (κ1) is 12.2. The van der Waals surface area contributed by atoms with Gasteiger partial charge in [-0.3, -0.25) is 0 Å². The Morgan fingerprint density at radius 1 is 1.29 bits per heavy atom. The maximum absolute atomic E-state index is 5.67. The highest BCUT2D eigenvalue weighted by molar-refractivity contribution is 5.28. The topological polar surface area (TPSA) is 36.9 Å². The van der Waals surface area contributed by atoms with Crippen LogP contribution >= 0.6 is 0 Å². The van der Waals surface area contributed by atoms with Crippen molar-refractivity contribution in [2.45, 2.75) is 19.1 Å². The van der Waals surface area contributed by atoms with E-state index in [1.165, 1.54) is 0 Å². The zero-order valence-electron chi connectivity index (χ0n) is 10.1. The molecule has 4 nitrogen and oxygen atoms in total. The van der Waals surface area contributed by atoms with Crippen LogP contribution in [0.1, 0.15) is 12.8 Å². The first-order valence-corrected chi connectivity index (χ1v) is 5.87. The van der Waals surface area contributed by atoms with Crippen LogP contribution in [0.4, 0.5) is 0 Å². The summed E-state index contributed by atoms with van der Waals surface area (Å²) in [6.07, 6.45) is 9.41. The van der Waals surface area contributed by atoms with Crippen LogP contribution in [0.25, 0.3) is 0 Å². The summed E-state index contributed by atoms with van der Waals surface area (Å²) in [6.45, 7) is 1.86. The summed E-state index contributed by atoms with van der Waals surface area (Å²) in [7, 11) is 1.64. The lowest BCUT2D eigenvalue weighted by atomic mass is 10.3. The molecule has 0 radical (unpaired) electrons. The highest BCUT2D eigenvalue weighted by Crippen LogP contribution is 2.18. The first-order valence-electron chi connectivity index (χ1n) is 5.87. The lowest BCUT2D eigenvalue weighted by Gasteiger charge is -2.24. The fraction of sp³-hybridized carbons (Fsp3) is 0.538. The van der Waals surface area contributed by atoms with Gasteiger partial charge in [0.2, 0.25) is 0 Å². The molecule has 0 aromatic heterocycles. The molecule has 0 saturated carbocycles. The van der Waals surface area contributed by atoms with Crippen molar-refractivity contribution in [1.82, 2.24) is 0 Å². The number of ether oxygens (including phenoxy) is 4. The SMILES string of the molecule is COC1=CCC=CC=C1OCC1OCCCO1. The molecular weight excluding hydrogens is 220 g/mol. The van der Waals surface area contributed by atoms with Crippen LogP contribution in [0.2, 0.25) is 0 Å². The van der Waals surface area contributed by atoms with Crippen LogP contribution in [0, 0.1) is 0 Å². The Hall–Kier alpha value is -1.26. The van der Waals surface area contributed by atoms with Crippen molar-refractivity contribution in [2.24, 2.45) is 0 Å². The van der Waals surface area contributed by atoms with Gasteiger partial charge < -0.3 is 18.9 Å². The smallest absolute Gasteiger partial charge is 0.191 e. The van der Waals surface area contributed by atoms with E-state index in [-0.39, 0.29) is 6.29 Å². The summed E-state index contributed by atoms with van der Waals surface area (Å²) in [4.78, 5) is 0. The Balaban J connectivity index is 1.87. The molecule has 1 fully saturated rings. The molecule has 4 heteroatoms. The Bertz CT molecular complexity index is 324. The molecule has 1 aliphatic carbocycles. The summed E-state index contributed by atoms with van der Waals surface area (Å²) in [5.74, 6) is 1.48. The predicted octanol–water partition coefficient (Wildman–Crippen LogP) is 2.14. The van der Waals surface area contributed by atoms with Crippen molar-refractivity contribution < 1.29 is 18.9 Å². The van der Waals surface area contributed by atoms with Gasteiger partial charge in [0.25, 0.3) is 0 Å². The minimum atomic E-state index is -0.269. The molecule has 0 atom stereocenters. The molecular formula is C13H18O4. The van der Waals surface area contributed by atoms with Crippen LogP contribution in [-0.4, -0.2) is 33.2 Å². The van der Waals surface area contributed by atoms with Gasteiger partial charge in [0, 0.05) is 0 Å². The number of allylic oxidation sites excluding steroid dienone is 4. The molecule has 0 bridgehead atoms. The van der Waals surface area contributed by atoms with Crippen molar-refractivity contribution in [2.75, 3.05) is 26.9 Å². The molecule has 0 N–H and O–H groups in total. The fourth-order valence-corrected chi connectivity index (χ4v) is 1.69. The fourth-order valence-electron chi connectivity index (χ4n) is 1.69. The van der Waals surface area contributed by atoms with E-state index in [1.54, 1.807) is 7.11 Å². The summed E-state index contributed by atoms with van der Waals surface area (Å²) < 4.78 is 21.8. The zero-order valence-corrected chi connectivity index (χ0v) is 10.1. The number of hydrogen-bond donors (Lipinski definition) is 0. The van der Waals surface area contributed by atoms with Gasteiger partial charge in [-0.05, 0) is 25.0 Å².